The minimum atomic E-state index is -0.412. The lowest BCUT2D eigenvalue weighted by molar-refractivity contribution is 0.215. The number of pyridine rings is 1. The van der Waals surface area contributed by atoms with Crippen LogP contribution in [0.1, 0.15) is 12.0 Å². The molecule has 1 aliphatic heterocycles. The SMILES string of the molecule is CON=Cc1cc(F)cc(-c2cncc(-c3nc4c(F)cccc4[nH]3)c2N2CC[C@H](N)C2)c1. The molecular formula is C24H22F2N6O. The second kappa shape index (κ2) is 8.59. The van der Waals surface area contributed by atoms with Gasteiger partial charge in [0.2, 0.25) is 0 Å². The highest BCUT2D eigenvalue weighted by Gasteiger charge is 2.27. The zero-order valence-electron chi connectivity index (χ0n) is 17.9. The summed E-state index contributed by atoms with van der Waals surface area (Å²) in [5.41, 5.74) is 10.4. The number of aromatic nitrogens is 3. The highest BCUT2D eigenvalue weighted by atomic mass is 19.1. The topological polar surface area (TPSA) is 92.4 Å². The Bertz CT molecular complexity index is 1350. The smallest absolute Gasteiger partial charge is 0.151 e. The summed E-state index contributed by atoms with van der Waals surface area (Å²) in [4.78, 5) is 19.0. The van der Waals surface area contributed by atoms with E-state index >= 15 is 0 Å². The molecule has 4 aromatic rings. The molecule has 3 heterocycles. The molecule has 0 radical (unpaired) electrons. The number of hydrogen-bond donors (Lipinski definition) is 2. The molecule has 7 nitrogen and oxygen atoms in total. The number of fused-ring (bicyclic) bond motifs is 1. The van der Waals surface area contributed by atoms with Gasteiger partial charge in [-0.15, -0.1) is 0 Å². The minimum Gasteiger partial charge on any atom is -0.399 e. The molecule has 0 amide bonds. The molecule has 3 N–H and O–H groups in total. The van der Waals surface area contributed by atoms with Gasteiger partial charge in [-0.2, -0.15) is 0 Å². The Morgan fingerprint density at radius 2 is 2.06 bits per heavy atom. The van der Waals surface area contributed by atoms with Crippen LogP contribution in [0.4, 0.5) is 14.5 Å². The minimum absolute atomic E-state index is 0.0175. The van der Waals surface area contributed by atoms with E-state index in [-0.39, 0.29) is 11.6 Å². The van der Waals surface area contributed by atoms with Gasteiger partial charge in [0.05, 0.1) is 23.0 Å². The molecule has 1 saturated heterocycles. The molecule has 0 bridgehead atoms. The van der Waals surface area contributed by atoms with Gasteiger partial charge >= 0.3 is 0 Å². The second-order valence-electron chi connectivity index (χ2n) is 7.99. The maximum atomic E-state index is 14.5. The number of anilines is 1. The van der Waals surface area contributed by atoms with Crippen LogP contribution in [0.2, 0.25) is 0 Å². The van der Waals surface area contributed by atoms with Gasteiger partial charge in [0.25, 0.3) is 0 Å². The molecule has 168 valence electrons. The van der Waals surface area contributed by atoms with Crippen molar-refractivity contribution in [3.8, 4) is 22.5 Å². The molecule has 2 aromatic heterocycles. The molecule has 9 heteroatoms. The van der Waals surface area contributed by atoms with Gasteiger partial charge in [-0.25, -0.2) is 13.8 Å². The lowest BCUT2D eigenvalue weighted by Gasteiger charge is -2.24. The number of oxime groups is 1. The van der Waals surface area contributed by atoms with Gasteiger partial charge in [0, 0.05) is 37.1 Å². The number of benzene rings is 2. The second-order valence-corrected chi connectivity index (χ2v) is 7.99. The third-order valence-corrected chi connectivity index (χ3v) is 5.72. The van der Waals surface area contributed by atoms with Gasteiger partial charge in [-0.05, 0) is 47.9 Å². The van der Waals surface area contributed by atoms with E-state index in [4.69, 9.17) is 10.6 Å². The summed E-state index contributed by atoms with van der Waals surface area (Å²) in [5.74, 6) is -0.334. The first-order valence-corrected chi connectivity index (χ1v) is 10.5. The van der Waals surface area contributed by atoms with Crippen LogP contribution in [-0.4, -0.2) is 47.4 Å². The molecule has 1 aliphatic rings. The Kier molecular flexibility index (Phi) is 5.47. The maximum Gasteiger partial charge on any atom is 0.151 e. The molecule has 5 rings (SSSR count). The zero-order chi connectivity index (χ0) is 22.9. The molecule has 0 saturated carbocycles. The number of para-hydroxylation sites is 1. The summed E-state index contributed by atoms with van der Waals surface area (Å²) in [5, 5.41) is 3.74. The van der Waals surface area contributed by atoms with Gasteiger partial charge in [0.15, 0.2) is 5.82 Å². The summed E-state index contributed by atoms with van der Waals surface area (Å²) < 4.78 is 28.8. The largest absolute Gasteiger partial charge is 0.399 e. The highest BCUT2D eigenvalue weighted by molar-refractivity contribution is 5.92. The lowest BCUT2D eigenvalue weighted by atomic mass is 9.99. The number of halogens is 2. The number of aromatic amines is 1. The normalized spacial score (nSPS) is 16.2. The summed E-state index contributed by atoms with van der Waals surface area (Å²) in [6.07, 6.45) is 5.64. The quantitative estimate of drug-likeness (QED) is 0.354. The fourth-order valence-electron chi connectivity index (χ4n) is 4.25. The summed E-state index contributed by atoms with van der Waals surface area (Å²) in [6, 6.07) is 9.42. The molecule has 33 heavy (non-hydrogen) atoms. The van der Waals surface area contributed by atoms with Crippen LogP contribution in [-0.2, 0) is 4.84 Å². The molecule has 0 unspecified atom stereocenters. The fourth-order valence-corrected chi connectivity index (χ4v) is 4.25. The number of nitrogens with two attached hydrogens (primary N) is 1. The Hall–Kier alpha value is -3.85. The highest BCUT2D eigenvalue weighted by Crippen LogP contribution is 2.40. The fraction of sp³-hybridized carbons (Fsp3) is 0.208. The molecule has 0 aliphatic carbocycles. The van der Waals surface area contributed by atoms with E-state index in [1.807, 2.05) is 6.07 Å². The molecule has 0 spiro atoms. The molecule has 1 fully saturated rings. The van der Waals surface area contributed by atoms with Crippen LogP contribution in [0.3, 0.4) is 0 Å². The lowest BCUT2D eigenvalue weighted by Crippen LogP contribution is -2.27. The van der Waals surface area contributed by atoms with Crippen molar-refractivity contribution in [2.75, 3.05) is 25.1 Å². The van der Waals surface area contributed by atoms with E-state index in [1.165, 1.54) is 31.5 Å². The maximum absolute atomic E-state index is 14.5. The summed E-state index contributed by atoms with van der Waals surface area (Å²) >= 11 is 0. The number of rotatable bonds is 5. The van der Waals surface area contributed by atoms with E-state index in [0.717, 1.165) is 18.7 Å². The summed E-state index contributed by atoms with van der Waals surface area (Å²) in [7, 11) is 1.43. The van der Waals surface area contributed by atoms with Crippen molar-refractivity contribution >= 4 is 22.9 Å². The van der Waals surface area contributed by atoms with Gasteiger partial charge in [-0.1, -0.05) is 11.2 Å². The van der Waals surface area contributed by atoms with Crippen molar-refractivity contribution in [3.05, 3.63) is 66.0 Å². The van der Waals surface area contributed by atoms with E-state index in [2.05, 4.69) is 25.0 Å². The van der Waals surface area contributed by atoms with Crippen LogP contribution < -0.4 is 10.6 Å². The molecule has 2 aromatic carbocycles. The number of nitrogens with zero attached hydrogens (tertiary/aromatic N) is 4. The van der Waals surface area contributed by atoms with Crippen molar-refractivity contribution < 1.29 is 13.6 Å². The Balaban J connectivity index is 1.72. The molecule has 1 atom stereocenters. The predicted molar refractivity (Wildman–Crippen MR) is 124 cm³/mol. The third-order valence-electron chi connectivity index (χ3n) is 5.72. The first kappa shape index (κ1) is 21.0. The monoisotopic (exact) mass is 448 g/mol. The summed E-state index contributed by atoms with van der Waals surface area (Å²) in [6.45, 7) is 1.36. The van der Waals surface area contributed by atoms with E-state index in [1.54, 1.807) is 24.5 Å². The van der Waals surface area contributed by atoms with Crippen molar-refractivity contribution in [2.45, 2.75) is 12.5 Å². The van der Waals surface area contributed by atoms with Crippen molar-refractivity contribution in [2.24, 2.45) is 10.9 Å². The van der Waals surface area contributed by atoms with Gasteiger partial charge in [-0.3, -0.25) is 4.98 Å². The first-order valence-electron chi connectivity index (χ1n) is 10.5. The van der Waals surface area contributed by atoms with E-state index < -0.39 is 11.6 Å². The Morgan fingerprint density at radius 1 is 1.21 bits per heavy atom. The zero-order valence-corrected chi connectivity index (χ0v) is 17.9. The van der Waals surface area contributed by atoms with Crippen LogP contribution in [0.25, 0.3) is 33.5 Å². The Morgan fingerprint density at radius 3 is 2.82 bits per heavy atom. The number of H-pyrrole nitrogens is 1. The van der Waals surface area contributed by atoms with Gasteiger partial charge in [0.1, 0.15) is 24.3 Å². The van der Waals surface area contributed by atoms with E-state index in [0.29, 0.717) is 40.1 Å². The van der Waals surface area contributed by atoms with Crippen LogP contribution in [0.5, 0.6) is 0 Å². The van der Waals surface area contributed by atoms with Crippen LogP contribution in [0.15, 0.2) is 53.9 Å². The molecular weight excluding hydrogens is 426 g/mol. The van der Waals surface area contributed by atoms with E-state index in [9.17, 15) is 8.78 Å². The first-order chi connectivity index (χ1) is 16.0. The number of hydrogen-bond acceptors (Lipinski definition) is 6. The van der Waals surface area contributed by atoms with Crippen molar-refractivity contribution in [1.29, 1.82) is 0 Å². The predicted octanol–water partition coefficient (Wildman–Crippen LogP) is 4.09. The third kappa shape index (κ3) is 4.03. The van der Waals surface area contributed by atoms with Crippen LogP contribution >= 0.6 is 0 Å². The van der Waals surface area contributed by atoms with Crippen molar-refractivity contribution in [1.82, 2.24) is 15.0 Å². The number of imidazole rings is 1. The average molecular weight is 448 g/mol. The van der Waals surface area contributed by atoms with Crippen LogP contribution in [0, 0.1) is 11.6 Å². The van der Waals surface area contributed by atoms with Gasteiger partial charge < -0.3 is 20.5 Å². The Labute approximate surface area is 188 Å². The number of nitrogens with one attached hydrogen (secondary N) is 1. The van der Waals surface area contributed by atoms with Crippen molar-refractivity contribution in [3.63, 3.8) is 0 Å². The average Bonchev–Trinajstić information content (AvgIpc) is 3.44. The standard InChI is InChI=1S/C24H22F2N6O/c1-33-29-10-14-7-15(9-16(25)8-14)18-11-28-12-19(23(18)32-6-5-17(27)13-32)24-30-21-4-2-3-20(26)22(21)31-24/h2-4,7-12,17H,5-6,13,27H2,1H3,(H,30,31)/t17-/m0/s1.